The van der Waals surface area contributed by atoms with Gasteiger partial charge >= 0.3 is 0 Å². The number of carbonyl (C=O) groups is 1. The van der Waals surface area contributed by atoms with E-state index in [1.54, 1.807) is 0 Å². The van der Waals surface area contributed by atoms with Crippen LogP contribution in [0.2, 0.25) is 5.02 Å². The smallest absolute Gasteiger partial charge is 0.196 e. The van der Waals surface area contributed by atoms with Gasteiger partial charge in [0.25, 0.3) is 0 Å². The monoisotopic (exact) mass is 414 g/mol. The maximum Gasteiger partial charge on any atom is 0.196 e. The largest absolute Gasteiger partial charge is 0.300 e. The van der Waals surface area contributed by atoms with Gasteiger partial charge in [0.2, 0.25) is 0 Å². The summed E-state index contributed by atoms with van der Waals surface area (Å²) in [4.78, 5) is 14.6. The number of aromatic nitrogens is 3. The molecule has 2 aromatic carbocycles. The molecule has 0 amide bonds. The lowest BCUT2D eigenvalue weighted by Crippen LogP contribution is -2.20. The molecule has 3 aromatic rings. The van der Waals surface area contributed by atoms with Gasteiger partial charge in [-0.1, -0.05) is 53.2 Å². The summed E-state index contributed by atoms with van der Waals surface area (Å²) >= 11 is 7.44. The second-order valence-electron chi connectivity index (χ2n) is 6.87. The molecule has 3 rings (SSSR count). The summed E-state index contributed by atoms with van der Waals surface area (Å²) in [7, 11) is 4.00. The van der Waals surface area contributed by atoms with E-state index >= 15 is 0 Å². The Hall–Kier alpha value is -2.15. The van der Waals surface area contributed by atoms with Gasteiger partial charge in [-0.05, 0) is 52.2 Å². The van der Waals surface area contributed by atoms with Crippen molar-refractivity contribution >= 4 is 29.1 Å². The minimum absolute atomic E-state index is 0.0605. The van der Waals surface area contributed by atoms with Crippen molar-refractivity contribution in [1.29, 1.82) is 0 Å². The van der Waals surface area contributed by atoms with Crippen molar-refractivity contribution < 1.29 is 4.79 Å². The van der Waals surface area contributed by atoms with Gasteiger partial charge in [-0.15, -0.1) is 10.2 Å². The van der Waals surface area contributed by atoms with Gasteiger partial charge in [0.05, 0.1) is 11.8 Å². The number of Topliss-reactive ketones (excluding diaryl/α,β-unsaturated/α-hetero) is 1. The van der Waals surface area contributed by atoms with E-state index in [0.717, 1.165) is 17.1 Å². The molecule has 28 heavy (non-hydrogen) atoms. The lowest BCUT2D eigenvalue weighted by Gasteiger charge is -2.20. The van der Waals surface area contributed by atoms with Crippen molar-refractivity contribution in [3.63, 3.8) is 0 Å². The van der Waals surface area contributed by atoms with Crippen LogP contribution in [-0.4, -0.2) is 45.3 Å². The van der Waals surface area contributed by atoms with Crippen molar-refractivity contribution in [2.45, 2.75) is 25.0 Å². The van der Waals surface area contributed by atoms with Crippen molar-refractivity contribution in [2.24, 2.45) is 0 Å². The maximum atomic E-state index is 12.6. The van der Waals surface area contributed by atoms with Gasteiger partial charge in [-0.2, -0.15) is 0 Å². The van der Waals surface area contributed by atoms with Crippen LogP contribution in [0.1, 0.15) is 34.7 Å². The van der Waals surface area contributed by atoms with E-state index in [4.69, 9.17) is 11.6 Å². The van der Waals surface area contributed by atoms with Gasteiger partial charge < -0.3 is 0 Å². The Morgan fingerprint density at radius 1 is 1.11 bits per heavy atom. The van der Waals surface area contributed by atoms with Crippen LogP contribution in [0.5, 0.6) is 0 Å². The van der Waals surface area contributed by atoms with Crippen molar-refractivity contribution in [3.05, 3.63) is 70.5 Å². The molecule has 146 valence electrons. The molecule has 0 aliphatic carbocycles. The summed E-state index contributed by atoms with van der Waals surface area (Å²) in [6, 6.07) is 15.2. The first-order valence-electron chi connectivity index (χ1n) is 8.97. The fraction of sp³-hybridized carbons (Fsp3) is 0.286. The molecule has 7 heteroatoms. The van der Waals surface area contributed by atoms with Crippen LogP contribution in [0.4, 0.5) is 0 Å². The number of carbonyl (C=O) groups excluding carboxylic acids is 1. The van der Waals surface area contributed by atoms with E-state index in [1.807, 2.05) is 74.1 Å². The first-order chi connectivity index (χ1) is 13.4. The number of nitrogens with zero attached hydrogens (tertiary/aromatic N) is 4. The molecule has 0 aliphatic heterocycles. The molecule has 0 spiro atoms. The van der Waals surface area contributed by atoms with Crippen LogP contribution >= 0.6 is 23.4 Å². The Bertz CT molecular complexity index is 952. The highest BCUT2D eigenvalue weighted by Crippen LogP contribution is 2.28. The van der Waals surface area contributed by atoms with E-state index in [2.05, 4.69) is 22.0 Å². The topological polar surface area (TPSA) is 51.0 Å². The van der Waals surface area contributed by atoms with E-state index in [0.29, 0.717) is 21.5 Å². The molecule has 1 unspecified atom stereocenters. The number of benzene rings is 2. The van der Waals surface area contributed by atoms with Crippen molar-refractivity contribution in [2.75, 3.05) is 19.8 Å². The highest BCUT2D eigenvalue weighted by atomic mass is 35.5. The normalized spacial score (nSPS) is 12.4. The predicted octanol–water partition coefficient (Wildman–Crippen LogP) is 4.83. The summed E-state index contributed by atoms with van der Waals surface area (Å²) in [6.07, 6.45) is 0. The van der Waals surface area contributed by atoms with Crippen molar-refractivity contribution in [1.82, 2.24) is 19.7 Å². The average molecular weight is 415 g/mol. The van der Waals surface area contributed by atoms with Crippen molar-refractivity contribution in [3.8, 4) is 5.69 Å². The molecule has 1 heterocycles. The Morgan fingerprint density at radius 2 is 1.75 bits per heavy atom. The number of halogens is 1. The number of rotatable bonds is 7. The lowest BCUT2D eigenvalue weighted by atomic mass is 10.1. The van der Waals surface area contributed by atoms with Crippen LogP contribution in [0, 0.1) is 6.92 Å². The van der Waals surface area contributed by atoms with Crippen LogP contribution in [0.3, 0.4) is 0 Å². The Morgan fingerprint density at radius 3 is 2.36 bits per heavy atom. The Labute approximate surface area is 174 Å². The summed E-state index contributed by atoms with van der Waals surface area (Å²) < 4.78 is 1.99. The highest BCUT2D eigenvalue weighted by Gasteiger charge is 2.21. The predicted molar refractivity (Wildman–Crippen MR) is 115 cm³/mol. The summed E-state index contributed by atoms with van der Waals surface area (Å²) in [6.45, 7) is 4.08. The summed E-state index contributed by atoms with van der Waals surface area (Å²) in [5.74, 6) is 1.18. The van der Waals surface area contributed by atoms with Crippen LogP contribution in [0.15, 0.2) is 53.7 Å². The number of hydrogen-bond acceptors (Lipinski definition) is 5. The summed E-state index contributed by atoms with van der Waals surface area (Å²) in [5, 5.41) is 10.1. The first kappa shape index (κ1) is 20.6. The van der Waals surface area contributed by atoms with Gasteiger partial charge in [0.1, 0.15) is 0 Å². The van der Waals surface area contributed by atoms with E-state index in [9.17, 15) is 4.79 Å². The molecule has 0 saturated carbocycles. The molecule has 0 bridgehead atoms. The molecule has 0 N–H and O–H groups in total. The van der Waals surface area contributed by atoms with Gasteiger partial charge in [0.15, 0.2) is 16.8 Å². The third kappa shape index (κ3) is 4.63. The number of hydrogen-bond donors (Lipinski definition) is 0. The standard InChI is InChI=1S/C21H23ClN4OS/c1-14-5-7-16(8-6-14)19(27)13-28-21-24-23-20(15(2)25(3)4)26(21)18-11-9-17(22)10-12-18/h5-12,15H,13H2,1-4H3. The zero-order valence-corrected chi connectivity index (χ0v) is 18.0. The quantitative estimate of drug-likeness (QED) is 0.409. The number of aryl methyl sites for hydroxylation is 1. The molecule has 1 aromatic heterocycles. The Kier molecular flexibility index (Phi) is 6.54. The third-order valence-electron chi connectivity index (χ3n) is 4.60. The lowest BCUT2D eigenvalue weighted by molar-refractivity contribution is 0.102. The summed E-state index contributed by atoms with van der Waals surface area (Å²) in [5.41, 5.74) is 2.76. The second-order valence-corrected chi connectivity index (χ2v) is 8.25. The zero-order chi connectivity index (χ0) is 20.3. The maximum absolute atomic E-state index is 12.6. The second kappa shape index (κ2) is 8.90. The molecule has 0 saturated heterocycles. The Balaban J connectivity index is 1.89. The number of ketones is 1. The molecule has 1 atom stereocenters. The van der Waals surface area contributed by atoms with Crippen LogP contribution in [0.25, 0.3) is 5.69 Å². The SMILES string of the molecule is Cc1ccc(C(=O)CSc2nnc(C(C)N(C)C)n2-c2ccc(Cl)cc2)cc1. The minimum atomic E-state index is 0.0605. The van der Waals surface area contributed by atoms with E-state index in [1.165, 1.54) is 11.8 Å². The van der Waals surface area contributed by atoms with Gasteiger partial charge in [-0.3, -0.25) is 14.3 Å². The first-order valence-corrected chi connectivity index (χ1v) is 10.3. The average Bonchev–Trinajstić information content (AvgIpc) is 3.10. The van der Waals surface area contributed by atoms with E-state index in [-0.39, 0.29) is 11.8 Å². The van der Waals surface area contributed by atoms with E-state index < -0.39 is 0 Å². The molecule has 0 aliphatic rings. The molecular weight excluding hydrogens is 392 g/mol. The molecule has 0 radical (unpaired) electrons. The fourth-order valence-electron chi connectivity index (χ4n) is 2.66. The van der Waals surface area contributed by atoms with Gasteiger partial charge in [-0.25, -0.2) is 0 Å². The van der Waals surface area contributed by atoms with Crippen LogP contribution < -0.4 is 0 Å². The number of thioether (sulfide) groups is 1. The zero-order valence-electron chi connectivity index (χ0n) is 16.4. The fourth-order valence-corrected chi connectivity index (χ4v) is 3.64. The minimum Gasteiger partial charge on any atom is -0.300 e. The third-order valence-corrected chi connectivity index (χ3v) is 5.78. The van der Waals surface area contributed by atoms with Gasteiger partial charge in [0, 0.05) is 16.3 Å². The molecule has 5 nitrogen and oxygen atoms in total. The highest BCUT2D eigenvalue weighted by molar-refractivity contribution is 7.99. The van der Waals surface area contributed by atoms with Crippen LogP contribution in [-0.2, 0) is 0 Å². The molecular formula is C21H23ClN4OS. The molecule has 0 fully saturated rings.